The average Bonchev–Trinajstić information content (AvgIpc) is 3.17. The van der Waals surface area contributed by atoms with E-state index in [0.29, 0.717) is 13.0 Å². The molecule has 0 spiro atoms. The zero-order chi connectivity index (χ0) is 28.4. The molecule has 0 bridgehead atoms. The minimum absolute atomic E-state index is 0.0824. The summed E-state index contributed by atoms with van der Waals surface area (Å²) in [4.78, 5) is 29.5. The van der Waals surface area contributed by atoms with Gasteiger partial charge >= 0.3 is 12.2 Å². The summed E-state index contributed by atoms with van der Waals surface area (Å²) in [5.74, 6) is -0.280. The molecule has 2 aliphatic heterocycles. The quantitative estimate of drug-likeness (QED) is 0.461. The number of amides is 2. The van der Waals surface area contributed by atoms with Crippen LogP contribution in [0.4, 0.5) is 9.59 Å². The highest BCUT2D eigenvalue weighted by atomic mass is 32.2. The van der Waals surface area contributed by atoms with Crippen LogP contribution in [0.1, 0.15) is 45.2 Å². The molecule has 0 unspecified atom stereocenters. The number of ether oxygens (including phenoxy) is 2. The van der Waals surface area contributed by atoms with Crippen LogP contribution in [0, 0.1) is 18.3 Å². The Bertz CT molecular complexity index is 1270. The first kappa shape index (κ1) is 28.9. The number of rotatable bonds is 6. The lowest BCUT2D eigenvalue weighted by Crippen LogP contribution is -2.56. The van der Waals surface area contributed by atoms with Crippen molar-refractivity contribution in [3.63, 3.8) is 0 Å². The standard InChI is InChI=1S/C29H38N2O7S/c1-21-11-13-24(14-12-21)39(34,35)37-20-23-17-31(27(33)38-28(2,3)4)25-18-30(16-15-29(23,25)5)26(32)36-19-22-9-7-6-8-10-22/h6-14,23,25H,15-20H2,1-5H3/t23-,25+,29+/m0/s1. The topological polar surface area (TPSA) is 102 Å². The first-order valence-corrected chi connectivity index (χ1v) is 14.6. The third-order valence-electron chi connectivity index (χ3n) is 7.63. The van der Waals surface area contributed by atoms with Crippen LogP contribution in [0.15, 0.2) is 59.5 Å². The molecule has 0 aliphatic carbocycles. The molecule has 2 saturated heterocycles. The molecule has 9 nitrogen and oxygen atoms in total. The molecule has 2 aliphatic rings. The van der Waals surface area contributed by atoms with Crippen LogP contribution in [-0.2, 0) is 30.4 Å². The summed E-state index contributed by atoms with van der Waals surface area (Å²) in [7, 11) is -3.97. The fourth-order valence-corrected chi connectivity index (χ4v) is 6.19. The van der Waals surface area contributed by atoms with Crippen molar-refractivity contribution in [1.29, 1.82) is 0 Å². The van der Waals surface area contributed by atoms with Crippen molar-refractivity contribution in [2.45, 2.75) is 64.2 Å². The van der Waals surface area contributed by atoms with Crippen LogP contribution in [0.5, 0.6) is 0 Å². The van der Waals surface area contributed by atoms with E-state index in [1.165, 1.54) is 12.1 Å². The van der Waals surface area contributed by atoms with Crippen molar-refractivity contribution in [2.75, 3.05) is 26.2 Å². The van der Waals surface area contributed by atoms with E-state index in [4.69, 9.17) is 13.7 Å². The molecule has 2 aromatic carbocycles. The van der Waals surface area contributed by atoms with E-state index in [1.54, 1.807) is 42.7 Å². The zero-order valence-electron chi connectivity index (χ0n) is 23.3. The van der Waals surface area contributed by atoms with Crippen LogP contribution in [0.2, 0.25) is 0 Å². The predicted molar refractivity (Wildman–Crippen MR) is 145 cm³/mol. The monoisotopic (exact) mass is 558 g/mol. The van der Waals surface area contributed by atoms with Crippen LogP contribution in [0.25, 0.3) is 0 Å². The highest BCUT2D eigenvalue weighted by molar-refractivity contribution is 7.86. The molecule has 2 fully saturated rings. The summed E-state index contributed by atoms with van der Waals surface area (Å²) in [6, 6.07) is 15.5. The van der Waals surface area contributed by atoms with Gasteiger partial charge < -0.3 is 19.3 Å². The van der Waals surface area contributed by atoms with Gasteiger partial charge in [0.2, 0.25) is 0 Å². The third-order valence-corrected chi connectivity index (χ3v) is 8.92. The smallest absolute Gasteiger partial charge is 0.410 e. The van der Waals surface area contributed by atoms with Gasteiger partial charge in [0, 0.05) is 25.6 Å². The van der Waals surface area contributed by atoms with Crippen LogP contribution in [0.3, 0.4) is 0 Å². The Morgan fingerprint density at radius 1 is 1.00 bits per heavy atom. The maximum Gasteiger partial charge on any atom is 0.410 e. The fourth-order valence-electron chi connectivity index (χ4n) is 5.24. The molecule has 0 saturated carbocycles. The molecular formula is C29H38N2O7S. The largest absolute Gasteiger partial charge is 0.445 e. The van der Waals surface area contributed by atoms with Crippen molar-refractivity contribution in [3.05, 3.63) is 65.7 Å². The number of hydrogen-bond donors (Lipinski definition) is 0. The molecule has 4 rings (SSSR count). The first-order chi connectivity index (χ1) is 18.3. The summed E-state index contributed by atoms with van der Waals surface area (Å²) < 4.78 is 42.6. The maximum absolute atomic E-state index is 13.3. The van der Waals surface area contributed by atoms with Crippen molar-refractivity contribution < 1.29 is 31.7 Å². The van der Waals surface area contributed by atoms with Crippen molar-refractivity contribution in [1.82, 2.24) is 9.80 Å². The molecule has 2 aromatic rings. The molecule has 2 amide bonds. The highest BCUT2D eigenvalue weighted by Gasteiger charge is 2.56. The molecule has 3 atom stereocenters. The Balaban J connectivity index is 1.50. The molecule has 0 aromatic heterocycles. The van der Waals surface area contributed by atoms with Gasteiger partial charge in [0.15, 0.2) is 0 Å². The fraction of sp³-hybridized carbons (Fsp3) is 0.517. The number of aryl methyl sites for hydroxylation is 1. The van der Waals surface area contributed by atoms with E-state index in [0.717, 1.165) is 11.1 Å². The van der Waals surface area contributed by atoms with Gasteiger partial charge in [-0.2, -0.15) is 8.42 Å². The summed E-state index contributed by atoms with van der Waals surface area (Å²) >= 11 is 0. The van der Waals surface area contributed by atoms with Gasteiger partial charge in [-0.15, -0.1) is 0 Å². The Hall–Kier alpha value is -3.11. The second kappa shape index (κ2) is 11.2. The minimum Gasteiger partial charge on any atom is -0.445 e. The van der Waals surface area contributed by atoms with Crippen LogP contribution >= 0.6 is 0 Å². The number of carbonyl (C=O) groups is 2. The Labute approximate surface area is 231 Å². The summed E-state index contributed by atoms with van der Waals surface area (Å²) in [5, 5.41) is 0. The average molecular weight is 559 g/mol. The van der Waals surface area contributed by atoms with E-state index in [9.17, 15) is 18.0 Å². The molecule has 39 heavy (non-hydrogen) atoms. The first-order valence-electron chi connectivity index (χ1n) is 13.2. The van der Waals surface area contributed by atoms with E-state index in [-0.39, 0.29) is 43.2 Å². The number of carbonyl (C=O) groups excluding carboxylic acids is 2. The number of likely N-dealkylation sites (tertiary alicyclic amines) is 2. The van der Waals surface area contributed by atoms with Gasteiger partial charge in [-0.05, 0) is 57.2 Å². The minimum atomic E-state index is -3.97. The van der Waals surface area contributed by atoms with E-state index >= 15 is 0 Å². The van der Waals surface area contributed by atoms with E-state index in [1.807, 2.05) is 44.2 Å². The van der Waals surface area contributed by atoms with Gasteiger partial charge in [0.05, 0.1) is 17.5 Å². The normalized spacial score (nSPS) is 23.3. The molecule has 0 radical (unpaired) electrons. The second-order valence-corrected chi connectivity index (χ2v) is 13.3. The third kappa shape index (κ3) is 6.73. The van der Waals surface area contributed by atoms with Crippen LogP contribution in [-0.4, -0.2) is 68.3 Å². The number of nitrogens with zero attached hydrogens (tertiary/aromatic N) is 2. The molecule has 10 heteroatoms. The summed E-state index contributed by atoms with van der Waals surface area (Å²) in [6.07, 6.45) is -0.399. The predicted octanol–water partition coefficient (Wildman–Crippen LogP) is 4.98. The Morgan fingerprint density at radius 3 is 2.31 bits per heavy atom. The lowest BCUT2D eigenvalue weighted by atomic mass is 9.70. The van der Waals surface area contributed by atoms with Gasteiger partial charge in [-0.25, -0.2) is 9.59 Å². The van der Waals surface area contributed by atoms with E-state index < -0.39 is 33.3 Å². The highest BCUT2D eigenvalue weighted by Crippen LogP contribution is 2.48. The summed E-state index contributed by atoms with van der Waals surface area (Å²) in [6.45, 7) is 10.3. The number of hydrogen-bond acceptors (Lipinski definition) is 7. The second-order valence-electron chi connectivity index (χ2n) is 11.6. The van der Waals surface area contributed by atoms with Gasteiger partial charge in [0.1, 0.15) is 12.2 Å². The SMILES string of the molecule is Cc1ccc(S(=O)(=O)OC[C@@H]2CN(C(=O)OC(C)(C)C)[C@@H]3CN(C(=O)OCc4ccccc4)CC[C@]23C)cc1. The van der Waals surface area contributed by atoms with Gasteiger partial charge in [-0.1, -0.05) is 55.0 Å². The molecular weight excluding hydrogens is 520 g/mol. The van der Waals surface area contributed by atoms with Crippen molar-refractivity contribution in [3.8, 4) is 0 Å². The van der Waals surface area contributed by atoms with Gasteiger partial charge in [-0.3, -0.25) is 4.18 Å². The number of piperidine rings is 1. The Kier molecular flexibility index (Phi) is 8.28. The lowest BCUT2D eigenvalue weighted by Gasteiger charge is -2.45. The Morgan fingerprint density at radius 2 is 1.67 bits per heavy atom. The maximum atomic E-state index is 13.3. The van der Waals surface area contributed by atoms with E-state index in [2.05, 4.69) is 0 Å². The zero-order valence-corrected chi connectivity index (χ0v) is 24.1. The molecule has 0 N–H and O–H groups in total. The number of benzene rings is 2. The summed E-state index contributed by atoms with van der Waals surface area (Å²) in [5.41, 5.74) is 0.633. The van der Waals surface area contributed by atoms with Crippen molar-refractivity contribution in [2.24, 2.45) is 11.3 Å². The molecule has 2 heterocycles. The number of fused-ring (bicyclic) bond motifs is 1. The lowest BCUT2D eigenvalue weighted by molar-refractivity contribution is -0.00431. The van der Waals surface area contributed by atoms with Crippen LogP contribution < -0.4 is 0 Å². The molecule has 212 valence electrons. The van der Waals surface area contributed by atoms with Crippen molar-refractivity contribution >= 4 is 22.3 Å². The van der Waals surface area contributed by atoms with Gasteiger partial charge in [0.25, 0.3) is 10.1 Å².